The fraction of sp³-hybridized carbons (Fsp3) is 0.500. The van der Waals surface area contributed by atoms with Crippen LogP contribution in [0.5, 0.6) is 0 Å². The molecule has 1 aliphatic heterocycles. The predicted octanol–water partition coefficient (Wildman–Crippen LogP) is 0.840. The third-order valence-corrected chi connectivity index (χ3v) is 4.19. The van der Waals surface area contributed by atoms with Gasteiger partial charge in [0.1, 0.15) is 5.82 Å². The standard InChI is InChI=1S/C14H22FN5OS/c1-9(13-16-18-19-17-13)7-20(2)14(21)10-4-5-12(15)11(6-10)8-22-3/h4-6,9,13,16-19H,7-8H2,1-3H3. The Morgan fingerprint density at radius 1 is 1.41 bits per heavy atom. The molecule has 1 saturated heterocycles. The Morgan fingerprint density at radius 3 is 2.73 bits per heavy atom. The van der Waals surface area contributed by atoms with Gasteiger partial charge in [-0.15, -0.1) is 0 Å². The lowest BCUT2D eigenvalue weighted by atomic mass is 10.1. The summed E-state index contributed by atoms with van der Waals surface area (Å²) in [4.78, 5) is 14.1. The van der Waals surface area contributed by atoms with Gasteiger partial charge >= 0.3 is 0 Å². The van der Waals surface area contributed by atoms with E-state index in [1.165, 1.54) is 23.9 Å². The number of halogens is 1. The van der Waals surface area contributed by atoms with Gasteiger partial charge in [0.05, 0.1) is 6.17 Å². The molecule has 0 spiro atoms. The van der Waals surface area contributed by atoms with Gasteiger partial charge < -0.3 is 4.90 Å². The summed E-state index contributed by atoms with van der Waals surface area (Å²) < 4.78 is 13.7. The number of carbonyl (C=O) groups excluding carboxylic acids is 1. The molecular weight excluding hydrogens is 305 g/mol. The lowest BCUT2D eigenvalue weighted by molar-refractivity contribution is 0.0764. The lowest BCUT2D eigenvalue weighted by Crippen LogP contribution is -2.45. The van der Waals surface area contributed by atoms with E-state index in [1.54, 1.807) is 18.0 Å². The van der Waals surface area contributed by atoms with Crippen LogP contribution in [0.25, 0.3) is 0 Å². The maximum Gasteiger partial charge on any atom is 0.253 e. The largest absolute Gasteiger partial charge is 0.341 e. The Bertz CT molecular complexity index is 524. The van der Waals surface area contributed by atoms with Crippen molar-refractivity contribution in [3.63, 3.8) is 0 Å². The zero-order valence-corrected chi connectivity index (χ0v) is 13.8. The highest BCUT2D eigenvalue weighted by atomic mass is 32.2. The van der Waals surface area contributed by atoms with Crippen LogP contribution in [-0.4, -0.2) is 36.8 Å². The number of carbonyl (C=O) groups is 1. The SMILES string of the molecule is CSCc1cc(C(=O)N(C)CC(C)C2NNNN2)ccc1F. The van der Waals surface area contributed by atoms with Crippen LogP contribution >= 0.6 is 11.8 Å². The Balaban J connectivity index is 2.01. The molecule has 0 aromatic heterocycles. The molecule has 4 N–H and O–H groups in total. The average Bonchev–Trinajstić information content (AvgIpc) is 3.03. The summed E-state index contributed by atoms with van der Waals surface area (Å²) in [5.74, 6) is 0.370. The van der Waals surface area contributed by atoms with Crippen LogP contribution < -0.4 is 21.9 Å². The summed E-state index contributed by atoms with van der Waals surface area (Å²) in [5.41, 5.74) is 12.6. The number of thioether (sulfide) groups is 1. The second-order valence-electron chi connectivity index (χ2n) is 5.42. The summed E-state index contributed by atoms with van der Waals surface area (Å²) in [6.45, 7) is 2.61. The van der Waals surface area contributed by atoms with Crippen molar-refractivity contribution in [1.82, 2.24) is 26.8 Å². The van der Waals surface area contributed by atoms with Crippen LogP contribution in [0.3, 0.4) is 0 Å². The summed E-state index contributed by atoms with van der Waals surface area (Å²) in [6, 6.07) is 4.55. The fourth-order valence-electron chi connectivity index (χ4n) is 2.36. The van der Waals surface area contributed by atoms with Crippen molar-refractivity contribution in [2.24, 2.45) is 5.92 Å². The number of hydrogen-bond donors (Lipinski definition) is 4. The van der Waals surface area contributed by atoms with Gasteiger partial charge in [0, 0.05) is 30.8 Å². The van der Waals surface area contributed by atoms with E-state index >= 15 is 0 Å². The Morgan fingerprint density at radius 2 is 2.09 bits per heavy atom. The molecule has 1 fully saturated rings. The number of benzene rings is 1. The molecule has 6 nitrogen and oxygen atoms in total. The third-order valence-electron chi connectivity index (χ3n) is 3.59. The Hall–Kier alpha value is -1.19. The quantitative estimate of drug-likeness (QED) is 0.621. The van der Waals surface area contributed by atoms with Crippen LogP contribution in [-0.2, 0) is 5.75 Å². The van der Waals surface area contributed by atoms with Crippen molar-refractivity contribution in [3.05, 3.63) is 35.1 Å². The van der Waals surface area contributed by atoms with E-state index in [-0.39, 0.29) is 23.8 Å². The molecule has 8 heteroatoms. The molecule has 0 bridgehead atoms. The summed E-state index contributed by atoms with van der Waals surface area (Å²) in [5, 5.41) is 0. The second kappa shape index (κ2) is 7.89. The van der Waals surface area contributed by atoms with Crippen molar-refractivity contribution in [3.8, 4) is 0 Å². The Kier molecular flexibility index (Phi) is 6.16. The molecule has 1 unspecified atom stereocenters. The van der Waals surface area contributed by atoms with Gasteiger partial charge in [-0.1, -0.05) is 6.92 Å². The van der Waals surface area contributed by atoms with Gasteiger partial charge in [0.15, 0.2) is 0 Å². The molecule has 1 aromatic carbocycles. The lowest BCUT2D eigenvalue weighted by Gasteiger charge is -2.25. The van der Waals surface area contributed by atoms with Crippen LogP contribution in [0, 0.1) is 11.7 Å². The minimum absolute atomic E-state index is 0.0236. The minimum atomic E-state index is -0.265. The van der Waals surface area contributed by atoms with Gasteiger partial charge in [-0.2, -0.15) is 22.8 Å². The van der Waals surface area contributed by atoms with Crippen LogP contribution in [0.1, 0.15) is 22.8 Å². The summed E-state index contributed by atoms with van der Waals surface area (Å²) in [7, 11) is 1.76. The van der Waals surface area contributed by atoms with E-state index in [0.29, 0.717) is 23.4 Å². The molecule has 22 heavy (non-hydrogen) atoms. The zero-order chi connectivity index (χ0) is 16.1. The first-order valence-electron chi connectivity index (χ1n) is 7.06. The number of rotatable bonds is 6. The van der Waals surface area contributed by atoms with Crippen molar-refractivity contribution in [2.75, 3.05) is 19.8 Å². The minimum Gasteiger partial charge on any atom is -0.341 e. The van der Waals surface area contributed by atoms with E-state index in [4.69, 9.17) is 0 Å². The normalized spacial score (nSPS) is 16.7. The highest BCUT2D eigenvalue weighted by Gasteiger charge is 2.23. The van der Waals surface area contributed by atoms with E-state index in [9.17, 15) is 9.18 Å². The van der Waals surface area contributed by atoms with E-state index in [0.717, 1.165) is 0 Å². The molecule has 2 rings (SSSR count). The number of hydrogen-bond acceptors (Lipinski definition) is 6. The summed E-state index contributed by atoms with van der Waals surface area (Å²) in [6.07, 6.45) is 1.93. The van der Waals surface area contributed by atoms with Crippen molar-refractivity contribution in [1.29, 1.82) is 0 Å². The highest BCUT2D eigenvalue weighted by Crippen LogP contribution is 2.17. The molecule has 1 amide bonds. The van der Waals surface area contributed by atoms with Crippen molar-refractivity contribution in [2.45, 2.75) is 18.8 Å². The molecule has 0 aliphatic carbocycles. The number of nitrogens with zero attached hydrogens (tertiary/aromatic N) is 1. The van der Waals surface area contributed by atoms with Crippen LogP contribution in [0.2, 0.25) is 0 Å². The molecular formula is C14H22FN5OS. The molecule has 0 radical (unpaired) electrons. The highest BCUT2D eigenvalue weighted by molar-refractivity contribution is 7.97. The smallest absolute Gasteiger partial charge is 0.253 e. The maximum absolute atomic E-state index is 13.7. The fourth-order valence-corrected chi connectivity index (χ4v) is 2.90. The van der Waals surface area contributed by atoms with Gasteiger partial charge in [-0.3, -0.25) is 4.79 Å². The first kappa shape index (κ1) is 17.2. The third kappa shape index (κ3) is 4.17. The van der Waals surface area contributed by atoms with Crippen molar-refractivity contribution >= 4 is 17.7 Å². The second-order valence-corrected chi connectivity index (χ2v) is 6.28. The molecule has 1 heterocycles. The zero-order valence-electron chi connectivity index (χ0n) is 12.9. The number of amides is 1. The number of hydrazine groups is 3. The molecule has 1 aliphatic rings. The van der Waals surface area contributed by atoms with Gasteiger partial charge in [0.2, 0.25) is 0 Å². The van der Waals surface area contributed by atoms with Crippen LogP contribution in [0.4, 0.5) is 4.39 Å². The van der Waals surface area contributed by atoms with E-state index in [1.807, 2.05) is 13.2 Å². The van der Waals surface area contributed by atoms with Gasteiger partial charge in [0.25, 0.3) is 5.91 Å². The van der Waals surface area contributed by atoms with E-state index in [2.05, 4.69) is 21.9 Å². The monoisotopic (exact) mass is 327 g/mol. The molecule has 0 saturated carbocycles. The first-order valence-corrected chi connectivity index (χ1v) is 8.46. The van der Waals surface area contributed by atoms with Gasteiger partial charge in [-0.05, 0) is 30.0 Å². The Labute approximate surface area is 134 Å². The first-order chi connectivity index (χ1) is 10.5. The van der Waals surface area contributed by atoms with Gasteiger partial charge in [-0.25, -0.2) is 15.2 Å². The van der Waals surface area contributed by atoms with E-state index < -0.39 is 0 Å². The van der Waals surface area contributed by atoms with Crippen LogP contribution in [0.15, 0.2) is 18.2 Å². The van der Waals surface area contributed by atoms with Crippen molar-refractivity contribution < 1.29 is 9.18 Å². The molecule has 1 aromatic rings. The summed E-state index contributed by atoms with van der Waals surface area (Å²) >= 11 is 1.53. The molecule has 122 valence electrons. The number of nitrogens with one attached hydrogen (secondary N) is 4. The predicted molar refractivity (Wildman–Crippen MR) is 86.1 cm³/mol. The maximum atomic E-state index is 13.7. The molecule has 1 atom stereocenters. The topological polar surface area (TPSA) is 68.4 Å². The average molecular weight is 327 g/mol.